The van der Waals surface area contributed by atoms with Crippen molar-refractivity contribution in [3.8, 4) is 0 Å². The lowest BCUT2D eigenvalue weighted by Crippen LogP contribution is -2.39. The van der Waals surface area contributed by atoms with E-state index in [1.807, 2.05) is 48.8 Å². The number of benzene rings is 1. The van der Waals surface area contributed by atoms with Gasteiger partial charge in [0.1, 0.15) is 0 Å². The third-order valence-corrected chi connectivity index (χ3v) is 4.28. The summed E-state index contributed by atoms with van der Waals surface area (Å²) < 4.78 is 39.8. The molecule has 0 fully saturated rings. The fourth-order valence-electron chi connectivity index (χ4n) is 2.69. The Kier molecular flexibility index (Phi) is 7.69. The molecule has 2 N–H and O–H groups in total. The van der Waals surface area contributed by atoms with Gasteiger partial charge in [0.2, 0.25) is 0 Å². The maximum absolute atomic E-state index is 12.6. The van der Waals surface area contributed by atoms with E-state index in [0.717, 1.165) is 17.8 Å². The largest absolute Gasteiger partial charge is 0.416 e. The number of nitrogens with one attached hydrogen (secondary N) is 2. The molecule has 0 aliphatic heterocycles. The van der Waals surface area contributed by atoms with E-state index in [4.69, 9.17) is 0 Å². The molecule has 0 atom stereocenters. The third kappa shape index (κ3) is 6.55. The van der Waals surface area contributed by atoms with Crippen molar-refractivity contribution in [2.75, 3.05) is 26.7 Å². The Morgan fingerprint density at radius 2 is 1.86 bits per heavy atom. The summed E-state index contributed by atoms with van der Waals surface area (Å²) in [6, 6.07) is 8.14. The predicted molar refractivity (Wildman–Crippen MR) is 107 cm³/mol. The first-order valence-electron chi connectivity index (χ1n) is 9.27. The van der Waals surface area contributed by atoms with E-state index in [9.17, 15) is 18.0 Å². The highest BCUT2D eigenvalue weighted by Crippen LogP contribution is 2.29. The topological polar surface area (TPSA) is 61.7 Å². The van der Waals surface area contributed by atoms with Gasteiger partial charge in [0, 0.05) is 44.6 Å². The molecule has 0 spiro atoms. The fraction of sp³-hybridized carbons (Fsp3) is 0.400. The molecule has 2 rings (SSSR count). The molecule has 0 radical (unpaired) electrons. The predicted octanol–water partition coefficient (Wildman–Crippen LogP) is 2.87. The smallest absolute Gasteiger partial charge is 0.357 e. The molecular weight excluding hydrogens is 383 g/mol. The lowest BCUT2D eigenvalue weighted by molar-refractivity contribution is -0.137. The Bertz CT molecular complexity index is 827. The monoisotopic (exact) mass is 409 g/mol. The van der Waals surface area contributed by atoms with Gasteiger partial charge in [-0.05, 0) is 43.3 Å². The van der Waals surface area contributed by atoms with Gasteiger partial charge in [-0.3, -0.25) is 9.79 Å². The average molecular weight is 409 g/mol. The quantitative estimate of drug-likeness (QED) is 0.420. The summed E-state index contributed by atoms with van der Waals surface area (Å²) in [6.07, 6.45) is -2.44. The van der Waals surface area contributed by atoms with Crippen molar-refractivity contribution >= 4 is 11.9 Å². The number of halogens is 3. The van der Waals surface area contributed by atoms with Crippen LogP contribution in [0.4, 0.5) is 13.2 Å². The first-order valence-corrected chi connectivity index (χ1v) is 9.27. The number of amides is 1. The molecule has 0 aliphatic carbocycles. The van der Waals surface area contributed by atoms with Crippen LogP contribution >= 0.6 is 0 Å². The van der Waals surface area contributed by atoms with E-state index < -0.39 is 17.6 Å². The highest BCUT2D eigenvalue weighted by molar-refractivity contribution is 5.94. The van der Waals surface area contributed by atoms with Gasteiger partial charge in [0.25, 0.3) is 5.91 Å². The third-order valence-electron chi connectivity index (χ3n) is 4.28. The molecular formula is C20H26F3N5O. The molecule has 0 saturated carbocycles. The minimum atomic E-state index is -4.42. The summed E-state index contributed by atoms with van der Waals surface area (Å²) in [5, 5.41) is 5.87. The van der Waals surface area contributed by atoms with Crippen LogP contribution in [0.15, 0.2) is 47.6 Å². The SMILES string of the molecule is CCNC(=NCCNC(=O)c1ccc(C(F)(F)F)cc1)N(C)Cc1cccn1C. The molecule has 1 aromatic carbocycles. The Hall–Kier alpha value is -2.97. The Morgan fingerprint density at radius 3 is 2.41 bits per heavy atom. The highest BCUT2D eigenvalue weighted by Gasteiger charge is 2.30. The van der Waals surface area contributed by atoms with Crippen molar-refractivity contribution in [2.45, 2.75) is 19.6 Å². The van der Waals surface area contributed by atoms with Crippen LogP contribution in [0.5, 0.6) is 0 Å². The zero-order chi connectivity index (χ0) is 21.4. The van der Waals surface area contributed by atoms with E-state index in [2.05, 4.69) is 15.6 Å². The minimum absolute atomic E-state index is 0.176. The molecule has 1 aromatic heterocycles. The van der Waals surface area contributed by atoms with E-state index in [1.54, 1.807) is 0 Å². The van der Waals surface area contributed by atoms with E-state index in [0.29, 0.717) is 25.6 Å². The second-order valence-corrected chi connectivity index (χ2v) is 6.53. The molecule has 9 heteroatoms. The van der Waals surface area contributed by atoms with Crippen LogP contribution < -0.4 is 10.6 Å². The van der Waals surface area contributed by atoms with E-state index in [1.165, 1.54) is 12.1 Å². The van der Waals surface area contributed by atoms with Crippen LogP contribution in [0.3, 0.4) is 0 Å². The van der Waals surface area contributed by atoms with E-state index >= 15 is 0 Å². The van der Waals surface area contributed by atoms with Gasteiger partial charge in [-0.25, -0.2) is 0 Å². The molecule has 2 aromatic rings. The number of carbonyl (C=O) groups excluding carboxylic acids is 1. The van der Waals surface area contributed by atoms with Gasteiger partial charge < -0.3 is 20.1 Å². The number of aryl methyl sites for hydroxylation is 1. The molecule has 1 amide bonds. The molecule has 0 aliphatic rings. The van der Waals surface area contributed by atoms with Gasteiger partial charge >= 0.3 is 6.18 Å². The minimum Gasteiger partial charge on any atom is -0.357 e. The number of hydrogen-bond acceptors (Lipinski definition) is 2. The van der Waals surface area contributed by atoms with Crippen molar-refractivity contribution in [2.24, 2.45) is 12.0 Å². The van der Waals surface area contributed by atoms with E-state index in [-0.39, 0.29) is 12.1 Å². The Morgan fingerprint density at radius 1 is 1.17 bits per heavy atom. The molecule has 0 unspecified atom stereocenters. The number of carbonyl (C=O) groups is 1. The van der Waals surface area contributed by atoms with Gasteiger partial charge in [0.05, 0.1) is 18.7 Å². The summed E-state index contributed by atoms with van der Waals surface area (Å²) in [7, 11) is 3.90. The van der Waals surface area contributed by atoms with Gasteiger partial charge in [-0.1, -0.05) is 0 Å². The number of alkyl halides is 3. The lowest BCUT2D eigenvalue weighted by atomic mass is 10.1. The Balaban J connectivity index is 1.88. The number of aromatic nitrogens is 1. The molecule has 0 bridgehead atoms. The van der Waals surface area contributed by atoms with Crippen molar-refractivity contribution in [1.29, 1.82) is 0 Å². The van der Waals surface area contributed by atoms with Crippen molar-refractivity contribution in [3.05, 3.63) is 59.4 Å². The summed E-state index contributed by atoms with van der Waals surface area (Å²) in [5.74, 6) is 0.272. The van der Waals surface area contributed by atoms with Crippen molar-refractivity contribution < 1.29 is 18.0 Å². The Labute approximate surface area is 168 Å². The summed E-state index contributed by atoms with van der Waals surface area (Å²) in [5.41, 5.74) is 0.526. The number of aliphatic imine (C=N–C) groups is 1. The van der Waals surface area contributed by atoms with Crippen molar-refractivity contribution in [3.63, 3.8) is 0 Å². The lowest BCUT2D eigenvalue weighted by Gasteiger charge is -2.22. The molecule has 1 heterocycles. The fourth-order valence-corrected chi connectivity index (χ4v) is 2.69. The summed E-state index contributed by atoms with van der Waals surface area (Å²) in [4.78, 5) is 18.6. The van der Waals surface area contributed by atoms with Gasteiger partial charge in [-0.15, -0.1) is 0 Å². The second kappa shape index (κ2) is 9.99. The zero-order valence-electron chi connectivity index (χ0n) is 16.8. The first kappa shape index (κ1) is 22.3. The van der Waals surface area contributed by atoms with Crippen LogP contribution in [0.25, 0.3) is 0 Å². The maximum Gasteiger partial charge on any atom is 0.416 e. The second-order valence-electron chi connectivity index (χ2n) is 6.53. The molecule has 6 nitrogen and oxygen atoms in total. The zero-order valence-corrected chi connectivity index (χ0v) is 16.8. The summed E-state index contributed by atoms with van der Waals surface area (Å²) >= 11 is 0. The molecule has 29 heavy (non-hydrogen) atoms. The van der Waals surface area contributed by atoms with Crippen LogP contribution in [-0.4, -0.2) is 48.0 Å². The first-order chi connectivity index (χ1) is 13.7. The number of nitrogens with zero attached hydrogens (tertiary/aromatic N) is 3. The van der Waals surface area contributed by atoms with Crippen molar-refractivity contribution in [1.82, 2.24) is 20.1 Å². The van der Waals surface area contributed by atoms with Crippen LogP contribution in [0.2, 0.25) is 0 Å². The van der Waals surface area contributed by atoms with Crippen LogP contribution in [-0.2, 0) is 19.8 Å². The normalized spacial score (nSPS) is 12.0. The number of hydrogen-bond donors (Lipinski definition) is 2. The van der Waals surface area contributed by atoms with Gasteiger partial charge in [0.15, 0.2) is 5.96 Å². The van der Waals surface area contributed by atoms with Crippen LogP contribution in [0, 0.1) is 0 Å². The standard InChI is InChI=1S/C20H26F3N5O/c1-4-24-19(28(3)14-17-6-5-13-27(17)2)26-12-11-25-18(29)15-7-9-16(10-8-15)20(21,22)23/h5-10,13H,4,11-12,14H2,1-3H3,(H,24,26)(H,25,29). The number of rotatable bonds is 7. The molecule has 0 saturated heterocycles. The molecule has 158 valence electrons. The summed E-state index contributed by atoms with van der Waals surface area (Å²) in [6.45, 7) is 3.96. The average Bonchev–Trinajstić information content (AvgIpc) is 3.08. The maximum atomic E-state index is 12.6. The van der Waals surface area contributed by atoms with Crippen LogP contribution in [0.1, 0.15) is 28.5 Å². The van der Waals surface area contributed by atoms with Gasteiger partial charge in [-0.2, -0.15) is 13.2 Å². The number of guanidine groups is 1. The highest BCUT2D eigenvalue weighted by atomic mass is 19.4.